The summed E-state index contributed by atoms with van der Waals surface area (Å²) in [6, 6.07) is 11.6. The highest BCUT2D eigenvalue weighted by atomic mass is 19.1. The topological polar surface area (TPSA) is 53.0 Å². The summed E-state index contributed by atoms with van der Waals surface area (Å²) < 4.78 is 31.9. The molecule has 0 aromatic heterocycles. The molecule has 2 aromatic carbocycles. The summed E-state index contributed by atoms with van der Waals surface area (Å²) in [6.45, 7) is 2.86. The Morgan fingerprint density at radius 1 is 1.04 bits per heavy atom. The lowest BCUT2D eigenvalue weighted by molar-refractivity contribution is 0.0659. The van der Waals surface area contributed by atoms with Gasteiger partial charge in [0.1, 0.15) is 18.5 Å². The summed E-state index contributed by atoms with van der Waals surface area (Å²) in [4.78, 5) is 16.4. The Balaban J connectivity index is 1.47. The molecule has 1 heterocycles. The third-order valence-corrected chi connectivity index (χ3v) is 4.70. The van der Waals surface area contributed by atoms with Crippen LogP contribution in [0.1, 0.15) is 16.8 Å². The van der Waals surface area contributed by atoms with E-state index in [9.17, 15) is 18.7 Å². The summed E-state index contributed by atoms with van der Waals surface area (Å²) >= 11 is 0. The van der Waals surface area contributed by atoms with Crippen molar-refractivity contribution < 1.29 is 23.4 Å². The number of amides is 1. The Morgan fingerprint density at radius 2 is 1.79 bits per heavy atom. The molecule has 150 valence electrons. The van der Waals surface area contributed by atoms with Gasteiger partial charge in [0.05, 0.1) is 0 Å². The van der Waals surface area contributed by atoms with Gasteiger partial charge < -0.3 is 14.7 Å². The molecule has 0 aliphatic carbocycles. The zero-order chi connectivity index (χ0) is 19.9. The minimum Gasteiger partial charge on any atom is -0.488 e. The SMILES string of the molecule is O=C(c1ccc(F)cc1)N1CCCN(CC(O)COc2ccccc2F)CC1. The van der Waals surface area contributed by atoms with Crippen molar-refractivity contribution in [2.75, 3.05) is 39.3 Å². The van der Waals surface area contributed by atoms with Gasteiger partial charge in [-0.05, 0) is 49.4 Å². The maximum Gasteiger partial charge on any atom is 0.253 e. The van der Waals surface area contributed by atoms with Crippen LogP contribution in [0.2, 0.25) is 0 Å². The number of nitrogens with zero attached hydrogens (tertiary/aromatic N) is 2. The molecule has 0 bridgehead atoms. The highest BCUT2D eigenvalue weighted by Crippen LogP contribution is 2.16. The molecule has 0 spiro atoms. The van der Waals surface area contributed by atoms with Crippen LogP contribution in [-0.4, -0.2) is 66.2 Å². The quantitative estimate of drug-likeness (QED) is 0.824. The van der Waals surface area contributed by atoms with Gasteiger partial charge >= 0.3 is 0 Å². The smallest absolute Gasteiger partial charge is 0.253 e. The Bertz CT molecular complexity index is 785. The second kappa shape index (κ2) is 9.61. The van der Waals surface area contributed by atoms with Crippen molar-refractivity contribution in [3.63, 3.8) is 0 Å². The zero-order valence-corrected chi connectivity index (χ0v) is 15.6. The van der Waals surface area contributed by atoms with Gasteiger partial charge in [-0.1, -0.05) is 12.1 Å². The van der Waals surface area contributed by atoms with Gasteiger partial charge in [-0.2, -0.15) is 0 Å². The zero-order valence-electron chi connectivity index (χ0n) is 15.6. The molecule has 0 radical (unpaired) electrons. The number of aliphatic hydroxyl groups is 1. The van der Waals surface area contributed by atoms with Crippen LogP contribution in [0.15, 0.2) is 48.5 Å². The monoisotopic (exact) mass is 390 g/mol. The normalized spacial score (nSPS) is 16.5. The van der Waals surface area contributed by atoms with Crippen molar-refractivity contribution in [2.24, 2.45) is 0 Å². The first-order chi connectivity index (χ1) is 13.5. The summed E-state index contributed by atoms with van der Waals surface area (Å²) in [7, 11) is 0. The number of hydrogen-bond acceptors (Lipinski definition) is 4. The minimum absolute atomic E-state index is 0.00431. The number of benzene rings is 2. The fourth-order valence-corrected chi connectivity index (χ4v) is 3.23. The number of hydrogen-bond donors (Lipinski definition) is 1. The summed E-state index contributed by atoms with van der Waals surface area (Å²) in [5.41, 5.74) is 0.466. The predicted molar refractivity (Wildman–Crippen MR) is 101 cm³/mol. The van der Waals surface area contributed by atoms with Gasteiger partial charge in [0.2, 0.25) is 0 Å². The van der Waals surface area contributed by atoms with Crippen molar-refractivity contribution in [2.45, 2.75) is 12.5 Å². The summed E-state index contributed by atoms with van der Waals surface area (Å²) in [6.07, 6.45) is 0.00680. The van der Waals surface area contributed by atoms with E-state index in [4.69, 9.17) is 4.74 Å². The van der Waals surface area contributed by atoms with E-state index < -0.39 is 11.9 Å². The molecule has 1 unspecified atom stereocenters. The van der Waals surface area contributed by atoms with Gasteiger partial charge in [-0.3, -0.25) is 9.69 Å². The molecule has 1 saturated heterocycles. The molecule has 2 aromatic rings. The molecule has 1 aliphatic heterocycles. The lowest BCUT2D eigenvalue weighted by Crippen LogP contribution is -2.39. The van der Waals surface area contributed by atoms with Crippen LogP contribution in [0.5, 0.6) is 5.75 Å². The van der Waals surface area contributed by atoms with Gasteiger partial charge in [0.25, 0.3) is 5.91 Å². The minimum atomic E-state index is -0.765. The molecule has 7 heteroatoms. The number of carbonyl (C=O) groups is 1. The highest BCUT2D eigenvalue weighted by molar-refractivity contribution is 5.94. The Morgan fingerprint density at radius 3 is 2.54 bits per heavy atom. The van der Waals surface area contributed by atoms with E-state index in [1.54, 1.807) is 17.0 Å². The van der Waals surface area contributed by atoms with Crippen molar-refractivity contribution in [3.8, 4) is 5.75 Å². The van der Waals surface area contributed by atoms with Crippen molar-refractivity contribution in [3.05, 3.63) is 65.7 Å². The van der Waals surface area contributed by atoms with E-state index in [-0.39, 0.29) is 24.1 Å². The second-order valence-electron chi connectivity index (χ2n) is 6.85. The third-order valence-electron chi connectivity index (χ3n) is 4.70. The molecule has 3 rings (SSSR count). The molecule has 1 N–H and O–H groups in total. The van der Waals surface area contributed by atoms with E-state index in [0.29, 0.717) is 31.7 Å². The van der Waals surface area contributed by atoms with Gasteiger partial charge in [0.15, 0.2) is 11.6 Å². The van der Waals surface area contributed by atoms with Gasteiger partial charge in [-0.25, -0.2) is 8.78 Å². The Labute approximate surface area is 163 Å². The molecular formula is C21H24F2N2O3. The van der Waals surface area contributed by atoms with E-state index in [1.165, 1.54) is 36.4 Å². The van der Waals surface area contributed by atoms with E-state index in [0.717, 1.165) is 13.0 Å². The lowest BCUT2D eigenvalue weighted by Gasteiger charge is -2.24. The van der Waals surface area contributed by atoms with Crippen molar-refractivity contribution in [1.82, 2.24) is 9.80 Å². The maximum atomic E-state index is 13.6. The van der Waals surface area contributed by atoms with Crippen LogP contribution < -0.4 is 4.74 Å². The molecule has 0 saturated carbocycles. The van der Waals surface area contributed by atoms with Crippen LogP contribution in [0.25, 0.3) is 0 Å². The number of aliphatic hydroxyl groups excluding tert-OH is 1. The second-order valence-corrected chi connectivity index (χ2v) is 6.85. The molecule has 28 heavy (non-hydrogen) atoms. The number of para-hydroxylation sites is 1. The van der Waals surface area contributed by atoms with Crippen molar-refractivity contribution >= 4 is 5.91 Å². The number of carbonyl (C=O) groups excluding carboxylic acids is 1. The fraction of sp³-hybridized carbons (Fsp3) is 0.381. The highest BCUT2D eigenvalue weighted by Gasteiger charge is 2.22. The Kier molecular flexibility index (Phi) is 6.95. The average Bonchev–Trinajstić information content (AvgIpc) is 2.93. The number of ether oxygens (including phenoxy) is 1. The molecule has 1 aliphatic rings. The first kappa shape index (κ1) is 20.2. The molecule has 1 fully saturated rings. The van der Waals surface area contributed by atoms with E-state index >= 15 is 0 Å². The predicted octanol–water partition coefficient (Wildman–Crippen LogP) is 2.55. The number of β-amino-alcohol motifs (C(OH)–C–C–N with tert-alkyl or cyclic N) is 1. The molecule has 1 amide bonds. The number of rotatable bonds is 6. The van der Waals surface area contributed by atoms with Gasteiger partial charge in [0, 0.05) is 31.7 Å². The fourth-order valence-electron chi connectivity index (χ4n) is 3.23. The van der Waals surface area contributed by atoms with Crippen LogP contribution in [0, 0.1) is 11.6 Å². The van der Waals surface area contributed by atoms with E-state index in [2.05, 4.69) is 4.90 Å². The third kappa shape index (κ3) is 5.50. The van der Waals surface area contributed by atoms with Crippen LogP contribution in [0.3, 0.4) is 0 Å². The van der Waals surface area contributed by atoms with Crippen molar-refractivity contribution in [1.29, 1.82) is 0 Å². The van der Waals surface area contributed by atoms with Crippen LogP contribution >= 0.6 is 0 Å². The lowest BCUT2D eigenvalue weighted by atomic mass is 10.2. The largest absolute Gasteiger partial charge is 0.488 e. The Hall–Kier alpha value is -2.51. The van der Waals surface area contributed by atoms with Gasteiger partial charge in [-0.15, -0.1) is 0 Å². The first-order valence-corrected chi connectivity index (χ1v) is 9.35. The first-order valence-electron chi connectivity index (χ1n) is 9.35. The summed E-state index contributed by atoms with van der Waals surface area (Å²) in [5.74, 6) is -0.830. The standard InChI is InChI=1S/C21H24F2N2O3/c22-17-8-6-16(7-9-17)21(27)25-11-3-10-24(12-13-25)14-18(26)15-28-20-5-2-1-4-19(20)23/h1-2,4-9,18,26H,3,10-15H2. The summed E-state index contributed by atoms with van der Waals surface area (Å²) in [5, 5.41) is 10.2. The molecule has 5 nitrogen and oxygen atoms in total. The van der Waals surface area contributed by atoms with E-state index in [1.807, 2.05) is 0 Å². The van der Waals surface area contributed by atoms with Crippen LogP contribution in [0.4, 0.5) is 8.78 Å². The van der Waals surface area contributed by atoms with Crippen LogP contribution in [-0.2, 0) is 0 Å². The molecule has 1 atom stereocenters. The average molecular weight is 390 g/mol. The molecular weight excluding hydrogens is 366 g/mol. The maximum absolute atomic E-state index is 13.6. The number of halogens is 2.